The summed E-state index contributed by atoms with van der Waals surface area (Å²) in [5, 5.41) is 2.93. The molecule has 0 aromatic heterocycles. The minimum absolute atomic E-state index is 0.636. The topological polar surface area (TPSA) is 21.3 Å². The van der Waals surface area contributed by atoms with Crippen molar-refractivity contribution in [3.8, 4) is 0 Å². The average molecular weight is 247 g/mol. The van der Waals surface area contributed by atoms with E-state index in [0.29, 0.717) is 6.10 Å². The fourth-order valence-corrected chi connectivity index (χ4v) is 0.932. The van der Waals surface area contributed by atoms with Crippen molar-refractivity contribution in [2.45, 2.75) is 79.8 Å². The number of hydrogen-bond acceptors (Lipinski definition) is 2. The Labute approximate surface area is 111 Å². The molecular weight excluding hydrogens is 210 g/mol. The Morgan fingerprint density at radius 2 is 1.53 bits per heavy atom. The van der Waals surface area contributed by atoms with E-state index in [1.54, 1.807) is 0 Å². The normalized spacial score (nSPS) is 12.9. The molecule has 0 spiro atoms. The maximum atomic E-state index is 5.52. The van der Waals surface area contributed by atoms with E-state index in [9.17, 15) is 0 Å². The monoisotopic (exact) mass is 247 g/mol. The Morgan fingerprint density at radius 1 is 1.06 bits per heavy atom. The van der Waals surface area contributed by atoms with Gasteiger partial charge in [-0.15, -0.1) is 0 Å². The van der Waals surface area contributed by atoms with E-state index in [4.69, 9.17) is 4.74 Å². The van der Waals surface area contributed by atoms with E-state index < -0.39 is 0 Å². The Morgan fingerprint density at radius 3 is 1.76 bits per heavy atom. The van der Waals surface area contributed by atoms with Gasteiger partial charge in [-0.25, -0.2) is 0 Å². The van der Waals surface area contributed by atoms with Crippen LogP contribution in [0, 0.1) is 0 Å². The fraction of sp³-hybridized carbons (Fsp3) is 1.00. The summed E-state index contributed by atoms with van der Waals surface area (Å²) in [6.45, 7) is 14.3. The van der Waals surface area contributed by atoms with Crippen molar-refractivity contribution in [1.82, 2.24) is 5.32 Å². The highest BCUT2D eigenvalue weighted by atomic mass is 16.5. The third kappa shape index (κ3) is 21.7. The first kappa shape index (κ1) is 22.1. The molecule has 0 unspecified atom stereocenters. The Kier molecular flexibility index (Phi) is 32.5. The van der Waals surface area contributed by atoms with E-state index >= 15 is 0 Å². The van der Waals surface area contributed by atoms with Gasteiger partial charge in [0.2, 0.25) is 0 Å². The average Bonchev–Trinajstić information content (AvgIpc) is 2.38. The molecular formula is C15H37NO. The Balaban J connectivity index is -0.000000208. The minimum Gasteiger partial charge on any atom is -0.378 e. The zero-order chi connectivity index (χ0) is 13.9. The summed E-state index contributed by atoms with van der Waals surface area (Å²) in [7, 11) is 1.93. The lowest BCUT2D eigenvalue weighted by atomic mass is 9.96. The number of rotatable bonds is 5. The molecule has 0 amide bonds. The molecule has 0 aromatic carbocycles. The van der Waals surface area contributed by atoms with Crippen LogP contribution < -0.4 is 5.32 Å². The van der Waals surface area contributed by atoms with Crippen molar-refractivity contribution < 1.29 is 4.74 Å². The second kappa shape index (κ2) is 24.9. The highest BCUT2D eigenvalue weighted by Crippen LogP contribution is 2.21. The van der Waals surface area contributed by atoms with Crippen molar-refractivity contribution in [3.05, 3.63) is 0 Å². The molecule has 1 aliphatic carbocycles. The van der Waals surface area contributed by atoms with Crippen LogP contribution in [0.15, 0.2) is 0 Å². The van der Waals surface area contributed by atoms with Gasteiger partial charge in [0.1, 0.15) is 0 Å². The lowest BCUT2D eigenvalue weighted by Gasteiger charge is -2.25. The lowest BCUT2D eigenvalue weighted by molar-refractivity contribution is 0.00117. The first-order valence-electron chi connectivity index (χ1n) is 7.61. The smallest absolute Gasteiger partial charge is 0.0575 e. The molecule has 1 aliphatic rings. The third-order valence-electron chi connectivity index (χ3n) is 2.26. The van der Waals surface area contributed by atoms with Crippen LogP contribution in [0.3, 0.4) is 0 Å². The molecule has 1 rings (SSSR count). The summed E-state index contributed by atoms with van der Waals surface area (Å²) in [5.74, 6) is 0. The Hall–Kier alpha value is -0.0800. The van der Waals surface area contributed by atoms with Crippen LogP contribution >= 0.6 is 0 Å². The summed E-state index contributed by atoms with van der Waals surface area (Å²) >= 11 is 0. The van der Waals surface area contributed by atoms with Crippen molar-refractivity contribution >= 4 is 0 Å². The fourth-order valence-electron chi connectivity index (χ4n) is 0.932. The van der Waals surface area contributed by atoms with Gasteiger partial charge < -0.3 is 10.1 Å². The van der Waals surface area contributed by atoms with Crippen molar-refractivity contribution in [3.63, 3.8) is 0 Å². The molecule has 1 saturated carbocycles. The summed E-state index contributed by atoms with van der Waals surface area (Å²) in [4.78, 5) is 0. The second-order valence-corrected chi connectivity index (χ2v) is 3.48. The van der Waals surface area contributed by atoms with Gasteiger partial charge >= 0.3 is 0 Å². The molecule has 0 aliphatic heterocycles. The number of unbranched alkanes of at least 4 members (excludes halogenated alkanes) is 1. The highest BCUT2D eigenvalue weighted by molar-refractivity contribution is 4.68. The van der Waals surface area contributed by atoms with Gasteiger partial charge in [0.05, 0.1) is 6.10 Å². The van der Waals surface area contributed by atoms with Crippen molar-refractivity contribution in [2.24, 2.45) is 0 Å². The van der Waals surface area contributed by atoms with Gasteiger partial charge in [-0.2, -0.15) is 0 Å². The van der Waals surface area contributed by atoms with E-state index in [-0.39, 0.29) is 0 Å². The van der Waals surface area contributed by atoms with Crippen LogP contribution in [0.4, 0.5) is 0 Å². The maximum absolute atomic E-state index is 5.52. The van der Waals surface area contributed by atoms with Crippen LogP contribution in [-0.4, -0.2) is 26.3 Å². The summed E-state index contributed by atoms with van der Waals surface area (Å²) in [5.41, 5.74) is 0. The van der Waals surface area contributed by atoms with Crippen LogP contribution in [0.2, 0.25) is 0 Å². The van der Waals surface area contributed by atoms with Gasteiger partial charge in [0, 0.05) is 6.61 Å². The first-order valence-corrected chi connectivity index (χ1v) is 7.61. The predicted molar refractivity (Wildman–Crippen MR) is 80.8 cm³/mol. The number of hydrogen-bond donors (Lipinski definition) is 1. The SMILES string of the molecule is CC.CC.CCCCOC1CCC1.CCNC. The van der Waals surface area contributed by atoms with E-state index in [0.717, 1.165) is 13.2 Å². The minimum atomic E-state index is 0.636. The zero-order valence-electron chi connectivity index (χ0n) is 13.4. The highest BCUT2D eigenvalue weighted by Gasteiger charge is 2.16. The van der Waals surface area contributed by atoms with E-state index in [1.165, 1.54) is 32.1 Å². The molecule has 0 aromatic rings. The van der Waals surface area contributed by atoms with Gasteiger partial charge in [-0.05, 0) is 39.3 Å². The van der Waals surface area contributed by atoms with Crippen LogP contribution in [0.25, 0.3) is 0 Å². The molecule has 108 valence electrons. The van der Waals surface area contributed by atoms with E-state index in [1.807, 2.05) is 34.7 Å². The summed E-state index contributed by atoms with van der Waals surface area (Å²) < 4.78 is 5.52. The maximum Gasteiger partial charge on any atom is 0.0575 e. The molecule has 0 bridgehead atoms. The van der Waals surface area contributed by atoms with Gasteiger partial charge in [0.15, 0.2) is 0 Å². The van der Waals surface area contributed by atoms with E-state index in [2.05, 4.69) is 19.2 Å². The van der Waals surface area contributed by atoms with Gasteiger partial charge in [-0.3, -0.25) is 0 Å². The molecule has 2 nitrogen and oxygen atoms in total. The van der Waals surface area contributed by atoms with Crippen LogP contribution in [0.5, 0.6) is 0 Å². The largest absolute Gasteiger partial charge is 0.378 e. The van der Waals surface area contributed by atoms with Gasteiger partial charge in [0.25, 0.3) is 0 Å². The molecule has 1 fully saturated rings. The number of nitrogens with one attached hydrogen (secondary N) is 1. The van der Waals surface area contributed by atoms with Crippen molar-refractivity contribution in [1.29, 1.82) is 0 Å². The number of ether oxygens (including phenoxy) is 1. The Bertz CT molecular complexity index is 90.9. The molecule has 0 atom stereocenters. The molecule has 2 heteroatoms. The molecule has 0 radical (unpaired) electrons. The van der Waals surface area contributed by atoms with Gasteiger partial charge in [-0.1, -0.05) is 48.0 Å². The van der Waals surface area contributed by atoms with Crippen LogP contribution in [-0.2, 0) is 4.74 Å². The zero-order valence-corrected chi connectivity index (χ0v) is 13.4. The lowest BCUT2D eigenvalue weighted by Crippen LogP contribution is -2.21. The molecule has 1 N–H and O–H groups in total. The quantitative estimate of drug-likeness (QED) is 0.715. The molecule has 0 saturated heterocycles. The van der Waals surface area contributed by atoms with Crippen LogP contribution in [0.1, 0.15) is 73.6 Å². The molecule has 0 heterocycles. The first-order chi connectivity index (χ1) is 8.35. The summed E-state index contributed by atoms with van der Waals surface area (Å²) in [6, 6.07) is 0. The summed E-state index contributed by atoms with van der Waals surface area (Å²) in [6.07, 6.45) is 7.13. The van der Waals surface area contributed by atoms with Crippen molar-refractivity contribution in [2.75, 3.05) is 20.2 Å². The predicted octanol–water partition coefficient (Wildman–Crippen LogP) is 4.63. The third-order valence-corrected chi connectivity index (χ3v) is 2.26. The second-order valence-electron chi connectivity index (χ2n) is 3.48. The molecule has 17 heavy (non-hydrogen) atoms. The standard InChI is InChI=1S/C8H16O.C3H9N.2C2H6/c1-2-3-7-9-8-5-4-6-8;1-3-4-2;2*1-2/h8H,2-7H2,1H3;4H,3H2,1-2H3;2*1-2H3.